The third-order valence-corrected chi connectivity index (χ3v) is 2.95. The quantitative estimate of drug-likeness (QED) is 0.480. The van der Waals surface area contributed by atoms with Gasteiger partial charge in [0.2, 0.25) is 5.82 Å². The summed E-state index contributed by atoms with van der Waals surface area (Å²) in [4.78, 5) is 24.1. The lowest BCUT2D eigenvalue weighted by Gasteiger charge is -2.17. The maximum atomic E-state index is 13.1. The van der Waals surface area contributed by atoms with Gasteiger partial charge in [0.1, 0.15) is 18.3 Å². The predicted octanol–water partition coefficient (Wildman–Crippen LogP) is -2.32. The highest BCUT2D eigenvalue weighted by atomic mass is 19.1. The van der Waals surface area contributed by atoms with Crippen LogP contribution in [0, 0.1) is 5.82 Å². The van der Waals surface area contributed by atoms with Crippen molar-refractivity contribution in [2.45, 2.75) is 37.6 Å². The smallest absolute Gasteiger partial charge is 0.330 e. The van der Waals surface area contributed by atoms with E-state index in [1.165, 1.54) is 6.92 Å². The van der Waals surface area contributed by atoms with E-state index in [1.807, 2.05) is 0 Å². The molecule has 1 aliphatic rings. The molecule has 0 bridgehead atoms. The number of nitrogens with zero attached hydrogens (tertiary/aromatic N) is 1. The zero-order chi connectivity index (χ0) is 14.3. The molecule has 1 aromatic rings. The van der Waals surface area contributed by atoms with Gasteiger partial charge in [-0.05, 0) is 6.92 Å². The highest BCUT2D eigenvalue weighted by molar-refractivity contribution is 4.95. The molecule has 0 saturated carbocycles. The summed E-state index contributed by atoms with van der Waals surface area (Å²) in [7, 11) is 0. The van der Waals surface area contributed by atoms with E-state index in [4.69, 9.17) is 4.74 Å². The third-order valence-electron chi connectivity index (χ3n) is 2.95. The number of rotatable bonds is 2. The molecular weight excluding hydrogens is 263 g/mol. The summed E-state index contributed by atoms with van der Waals surface area (Å²) in [5.74, 6) is -1.23. The van der Waals surface area contributed by atoms with Crippen molar-refractivity contribution in [3.05, 3.63) is 32.9 Å². The van der Waals surface area contributed by atoms with E-state index in [1.54, 1.807) is 4.98 Å². The average molecular weight is 276 g/mol. The maximum Gasteiger partial charge on any atom is 0.330 e. The number of aromatic nitrogens is 2. The first-order chi connectivity index (χ1) is 8.82. The van der Waals surface area contributed by atoms with Gasteiger partial charge in [0, 0.05) is 0 Å². The van der Waals surface area contributed by atoms with Gasteiger partial charge in [-0.1, -0.05) is 0 Å². The monoisotopic (exact) mass is 276 g/mol. The minimum atomic E-state index is -1.54. The van der Waals surface area contributed by atoms with Crippen molar-refractivity contribution < 1.29 is 24.4 Å². The largest absolute Gasteiger partial charge is 0.391 e. The summed E-state index contributed by atoms with van der Waals surface area (Å²) in [6.07, 6.45) is -6.02. The van der Waals surface area contributed by atoms with Crippen molar-refractivity contribution in [3.63, 3.8) is 0 Å². The number of H-pyrrole nitrogens is 1. The molecule has 0 aliphatic carbocycles. The van der Waals surface area contributed by atoms with Crippen LogP contribution in [0.2, 0.25) is 0 Å². The number of aliphatic hydroxyl groups excluding tert-OH is 3. The minimum Gasteiger partial charge on any atom is -0.391 e. The van der Waals surface area contributed by atoms with Crippen molar-refractivity contribution in [1.82, 2.24) is 9.55 Å². The molecule has 1 aromatic heterocycles. The van der Waals surface area contributed by atoms with Crippen LogP contribution in [0.1, 0.15) is 13.2 Å². The Labute approximate surface area is 105 Å². The molecule has 0 amide bonds. The number of ether oxygens (including phenoxy) is 1. The molecular formula is C10H13FN2O6. The third kappa shape index (κ3) is 2.32. The van der Waals surface area contributed by atoms with Gasteiger partial charge in [-0.2, -0.15) is 4.39 Å². The van der Waals surface area contributed by atoms with Crippen LogP contribution < -0.4 is 11.2 Å². The Bertz CT molecular complexity index is 582. The first kappa shape index (κ1) is 13.9. The standard InChI is InChI=1S/C10H13FN2O6/c1-3(14)7-5(15)6(16)9(19-7)13-2-4(11)8(17)12-10(13)18/h2-3,5-7,9,14-16H,1H3,(H,12,17,18)/t3-,5-,6+,7+,9+/m0/s1. The van der Waals surface area contributed by atoms with Gasteiger partial charge >= 0.3 is 5.69 Å². The molecule has 0 unspecified atom stereocenters. The molecule has 19 heavy (non-hydrogen) atoms. The lowest BCUT2D eigenvalue weighted by atomic mass is 10.1. The second-order valence-electron chi connectivity index (χ2n) is 4.36. The van der Waals surface area contributed by atoms with Crippen molar-refractivity contribution in [2.24, 2.45) is 0 Å². The van der Waals surface area contributed by atoms with Gasteiger partial charge in [0.05, 0.1) is 12.3 Å². The van der Waals surface area contributed by atoms with Crippen LogP contribution in [-0.2, 0) is 4.74 Å². The first-order valence-electron chi connectivity index (χ1n) is 5.53. The fourth-order valence-corrected chi connectivity index (χ4v) is 1.96. The molecule has 1 aliphatic heterocycles. The fourth-order valence-electron chi connectivity index (χ4n) is 1.96. The van der Waals surface area contributed by atoms with Crippen molar-refractivity contribution in [1.29, 1.82) is 0 Å². The second-order valence-corrected chi connectivity index (χ2v) is 4.36. The Morgan fingerprint density at radius 2 is 2.05 bits per heavy atom. The second kappa shape index (κ2) is 4.85. The van der Waals surface area contributed by atoms with Crippen molar-refractivity contribution >= 4 is 0 Å². The summed E-state index contributed by atoms with van der Waals surface area (Å²) in [5.41, 5.74) is -2.18. The molecule has 1 saturated heterocycles. The molecule has 2 rings (SSSR count). The summed E-state index contributed by atoms with van der Waals surface area (Å²) >= 11 is 0. The Balaban J connectivity index is 2.41. The molecule has 4 N–H and O–H groups in total. The van der Waals surface area contributed by atoms with Gasteiger partial charge in [0.25, 0.3) is 5.56 Å². The Morgan fingerprint density at radius 3 is 2.58 bits per heavy atom. The molecule has 1 fully saturated rings. The zero-order valence-corrected chi connectivity index (χ0v) is 9.86. The number of halogens is 1. The average Bonchev–Trinajstić information content (AvgIpc) is 2.62. The summed E-state index contributed by atoms with van der Waals surface area (Å²) in [6.45, 7) is 1.33. The van der Waals surface area contributed by atoms with Crippen LogP contribution >= 0.6 is 0 Å². The Hall–Kier alpha value is -1.55. The van der Waals surface area contributed by atoms with Crippen LogP contribution in [0.5, 0.6) is 0 Å². The van der Waals surface area contributed by atoms with Crippen molar-refractivity contribution in [3.8, 4) is 0 Å². The molecule has 5 atom stereocenters. The highest BCUT2D eigenvalue weighted by Gasteiger charge is 2.46. The minimum absolute atomic E-state index is 0.576. The lowest BCUT2D eigenvalue weighted by molar-refractivity contribution is -0.0806. The topological polar surface area (TPSA) is 125 Å². The predicted molar refractivity (Wildman–Crippen MR) is 58.9 cm³/mol. The Kier molecular flexibility index (Phi) is 3.54. The van der Waals surface area contributed by atoms with E-state index in [0.29, 0.717) is 10.8 Å². The van der Waals surface area contributed by atoms with Crippen LogP contribution in [-0.4, -0.2) is 49.3 Å². The van der Waals surface area contributed by atoms with Gasteiger partial charge in [0.15, 0.2) is 6.23 Å². The molecule has 0 radical (unpaired) electrons. The summed E-state index contributed by atoms with van der Waals surface area (Å²) < 4.78 is 18.9. The van der Waals surface area contributed by atoms with E-state index in [9.17, 15) is 29.3 Å². The van der Waals surface area contributed by atoms with Crippen LogP contribution in [0.15, 0.2) is 15.8 Å². The number of aliphatic hydroxyl groups is 3. The first-order valence-corrected chi connectivity index (χ1v) is 5.53. The van der Waals surface area contributed by atoms with E-state index in [0.717, 1.165) is 0 Å². The van der Waals surface area contributed by atoms with E-state index in [2.05, 4.69) is 0 Å². The van der Waals surface area contributed by atoms with Gasteiger partial charge in [-0.15, -0.1) is 0 Å². The summed E-state index contributed by atoms with van der Waals surface area (Å²) in [6, 6.07) is 0. The fraction of sp³-hybridized carbons (Fsp3) is 0.600. The number of nitrogens with one attached hydrogen (secondary N) is 1. The van der Waals surface area contributed by atoms with Crippen molar-refractivity contribution in [2.75, 3.05) is 0 Å². The molecule has 8 nitrogen and oxygen atoms in total. The molecule has 0 aromatic carbocycles. The van der Waals surface area contributed by atoms with E-state index >= 15 is 0 Å². The number of aromatic amines is 1. The van der Waals surface area contributed by atoms with Crippen LogP contribution in [0.3, 0.4) is 0 Å². The lowest BCUT2D eigenvalue weighted by Crippen LogP contribution is -2.39. The van der Waals surface area contributed by atoms with Gasteiger partial charge in [-0.25, -0.2) is 4.79 Å². The highest BCUT2D eigenvalue weighted by Crippen LogP contribution is 2.29. The molecule has 2 heterocycles. The SMILES string of the molecule is C[C@H](O)[C@H]1O[C@@H](n2cc(F)c(=O)[nH]c2=O)[C@H](O)[C@@H]1O. The molecule has 9 heteroatoms. The number of hydrogen-bond acceptors (Lipinski definition) is 6. The Morgan fingerprint density at radius 1 is 1.42 bits per heavy atom. The van der Waals surface area contributed by atoms with Crippen LogP contribution in [0.4, 0.5) is 4.39 Å². The molecule has 0 spiro atoms. The maximum absolute atomic E-state index is 13.1. The number of hydrogen-bond donors (Lipinski definition) is 4. The normalized spacial score (nSPS) is 32.5. The summed E-state index contributed by atoms with van der Waals surface area (Å²) in [5, 5.41) is 28.8. The zero-order valence-electron chi connectivity index (χ0n) is 9.86. The van der Waals surface area contributed by atoms with Gasteiger partial charge < -0.3 is 20.1 Å². The van der Waals surface area contributed by atoms with E-state index < -0.39 is 47.7 Å². The molecule has 106 valence electrons. The van der Waals surface area contributed by atoms with Gasteiger partial charge in [-0.3, -0.25) is 14.3 Å². The van der Waals surface area contributed by atoms with E-state index in [-0.39, 0.29) is 0 Å². The van der Waals surface area contributed by atoms with Crippen LogP contribution in [0.25, 0.3) is 0 Å².